The molecule has 2 heterocycles. The molecule has 11 nitrogen and oxygen atoms in total. The van der Waals surface area contributed by atoms with Crippen molar-refractivity contribution in [2.75, 3.05) is 120 Å². The third-order valence-corrected chi connectivity index (χ3v) is 13.6. The van der Waals surface area contributed by atoms with E-state index in [1.54, 1.807) is 28.4 Å². The SMILES string of the molecule is CO[Si](CCCNCCN1CCOCC1)(OC)O[Si](CCCNCCN1CCOCC1)(OC)OC. The Morgan fingerprint density at radius 2 is 0.971 bits per heavy atom. The maximum atomic E-state index is 6.52. The van der Waals surface area contributed by atoms with E-state index >= 15 is 0 Å². The van der Waals surface area contributed by atoms with Gasteiger partial charge < -0.3 is 41.9 Å². The second kappa shape index (κ2) is 18.3. The van der Waals surface area contributed by atoms with Gasteiger partial charge in [-0.2, -0.15) is 0 Å². The van der Waals surface area contributed by atoms with Gasteiger partial charge in [0, 0.05) is 92.9 Å². The van der Waals surface area contributed by atoms with Crippen LogP contribution < -0.4 is 10.6 Å². The summed E-state index contributed by atoms with van der Waals surface area (Å²) < 4.78 is 40.7. The first-order chi connectivity index (χ1) is 17.1. The van der Waals surface area contributed by atoms with E-state index in [1.165, 1.54) is 0 Å². The quantitative estimate of drug-likeness (QED) is 0.163. The van der Waals surface area contributed by atoms with E-state index in [0.717, 1.165) is 105 Å². The van der Waals surface area contributed by atoms with Crippen LogP contribution in [0.25, 0.3) is 0 Å². The Morgan fingerprint density at radius 1 is 0.600 bits per heavy atom. The Hall–Kier alpha value is -0.00623. The van der Waals surface area contributed by atoms with E-state index in [1.807, 2.05) is 0 Å². The summed E-state index contributed by atoms with van der Waals surface area (Å²) in [5.74, 6) is 0. The highest BCUT2D eigenvalue weighted by atomic mass is 28.5. The van der Waals surface area contributed by atoms with Crippen LogP contribution in [0.4, 0.5) is 0 Å². The summed E-state index contributed by atoms with van der Waals surface area (Å²) in [6, 6.07) is 1.42. The van der Waals surface area contributed by atoms with Crippen molar-refractivity contribution in [2.24, 2.45) is 0 Å². The highest BCUT2D eigenvalue weighted by molar-refractivity contribution is 6.74. The summed E-state index contributed by atoms with van der Waals surface area (Å²) in [7, 11) is 0.853. The zero-order valence-corrected chi connectivity index (χ0v) is 24.5. The summed E-state index contributed by atoms with van der Waals surface area (Å²) in [4.78, 5) is 4.86. The number of rotatable bonds is 20. The van der Waals surface area contributed by atoms with Gasteiger partial charge in [-0.3, -0.25) is 9.80 Å². The first-order valence-corrected chi connectivity index (χ1v) is 16.9. The molecule has 0 radical (unpaired) electrons. The number of nitrogens with zero attached hydrogens (tertiary/aromatic N) is 2. The zero-order chi connectivity index (χ0) is 25.2. The molecule has 2 fully saturated rings. The van der Waals surface area contributed by atoms with Crippen molar-refractivity contribution < 1.29 is 31.3 Å². The van der Waals surface area contributed by atoms with Crippen LogP contribution in [0.2, 0.25) is 12.1 Å². The van der Waals surface area contributed by atoms with Crippen molar-refractivity contribution in [1.82, 2.24) is 20.4 Å². The fourth-order valence-corrected chi connectivity index (χ4v) is 10.7. The molecule has 0 aromatic rings. The minimum absolute atomic E-state index is 0.712. The third-order valence-electron chi connectivity index (χ3n) is 6.65. The van der Waals surface area contributed by atoms with E-state index in [9.17, 15) is 0 Å². The van der Waals surface area contributed by atoms with E-state index < -0.39 is 17.6 Å². The van der Waals surface area contributed by atoms with E-state index in [0.29, 0.717) is 12.1 Å². The predicted octanol–water partition coefficient (Wildman–Crippen LogP) is 0.0902. The molecule has 0 aromatic carbocycles. The summed E-state index contributed by atoms with van der Waals surface area (Å²) in [5.41, 5.74) is 0. The minimum Gasteiger partial charge on any atom is -0.379 e. The van der Waals surface area contributed by atoms with Crippen LogP contribution >= 0.6 is 0 Å². The molecule has 0 spiro atoms. The summed E-state index contributed by atoms with van der Waals surface area (Å²) in [6.07, 6.45) is 1.80. The molecule has 0 atom stereocenters. The monoisotopic (exact) mass is 538 g/mol. The van der Waals surface area contributed by atoms with Crippen molar-refractivity contribution in [2.45, 2.75) is 24.9 Å². The van der Waals surface area contributed by atoms with Crippen LogP contribution in [0.15, 0.2) is 0 Å². The lowest BCUT2D eigenvalue weighted by atomic mass is 10.4. The fraction of sp³-hybridized carbons (Fsp3) is 1.00. The van der Waals surface area contributed by atoms with Crippen LogP contribution in [0.5, 0.6) is 0 Å². The van der Waals surface area contributed by atoms with E-state index in [-0.39, 0.29) is 0 Å². The largest absolute Gasteiger partial charge is 0.493 e. The third kappa shape index (κ3) is 11.9. The van der Waals surface area contributed by atoms with Gasteiger partial charge in [0.2, 0.25) is 0 Å². The van der Waals surface area contributed by atoms with E-state index in [2.05, 4.69) is 20.4 Å². The molecule has 0 unspecified atom stereocenters. The molecule has 2 aliphatic heterocycles. The van der Waals surface area contributed by atoms with Gasteiger partial charge in [-0.25, -0.2) is 0 Å². The Labute approximate surface area is 214 Å². The lowest BCUT2D eigenvalue weighted by Crippen LogP contribution is -2.57. The molecule has 35 heavy (non-hydrogen) atoms. The Bertz CT molecular complexity index is 478. The van der Waals surface area contributed by atoms with Gasteiger partial charge in [-0.05, 0) is 25.9 Å². The van der Waals surface area contributed by atoms with Gasteiger partial charge in [0.25, 0.3) is 0 Å². The van der Waals surface area contributed by atoms with Gasteiger partial charge >= 0.3 is 17.6 Å². The Balaban J connectivity index is 1.68. The average molecular weight is 539 g/mol. The van der Waals surface area contributed by atoms with Crippen molar-refractivity contribution >= 4 is 17.6 Å². The lowest BCUT2D eigenvalue weighted by Gasteiger charge is -2.35. The van der Waals surface area contributed by atoms with Crippen LogP contribution in [0, 0.1) is 0 Å². The Kier molecular flexibility index (Phi) is 16.3. The lowest BCUT2D eigenvalue weighted by molar-refractivity contribution is 0.0384. The first-order valence-electron chi connectivity index (χ1n) is 13.0. The molecule has 0 amide bonds. The topological polar surface area (TPSA) is 95.2 Å². The van der Waals surface area contributed by atoms with E-state index in [4.69, 9.17) is 31.3 Å². The van der Waals surface area contributed by atoms with Gasteiger partial charge in [-0.1, -0.05) is 0 Å². The van der Waals surface area contributed by atoms with Gasteiger partial charge in [0.15, 0.2) is 0 Å². The Morgan fingerprint density at radius 3 is 1.31 bits per heavy atom. The maximum Gasteiger partial charge on any atom is 0.493 e. The fourth-order valence-electron chi connectivity index (χ4n) is 4.31. The second-order valence-electron chi connectivity index (χ2n) is 8.90. The van der Waals surface area contributed by atoms with Crippen LogP contribution in [0.3, 0.4) is 0 Å². The van der Waals surface area contributed by atoms with Crippen molar-refractivity contribution in [3.63, 3.8) is 0 Å². The second-order valence-corrected chi connectivity index (χ2v) is 15.1. The van der Waals surface area contributed by atoms with Gasteiger partial charge in [0.05, 0.1) is 26.4 Å². The molecule has 2 saturated heterocycles. The van der Waals surface area contributed by atoms with Crippen molar-refractivity contribution in [3.8, 4) is 0 Å². The summed E-state index contributed by atoms with van der Waals surface area (Å²) in [6.45, 7) is 13.2. The number of nitrogens with one attached hydrogen (secondary N) is 2. The molecular formula is C22H50N4O7Si2. The normalized spacial score (nSPS) is 18.9. The number of hydrogen-bond acceptors (Lipinski definition) is 11. The molecule has 0 saturated carbocycles. The predicted molar refractivity (Wildman–Crippen MR) is 140 cm³/mol. The van der Waals surface area contributed by atoms with Crippen molar-refractivity contribution in [3.05, 3.63) is 0 Å². The highest BCUT2D eigenvalue weighted by Crippen LogP contribution is 2.26. The van der Waals surface area contributed by atoms with Gasteiger partial charge in [-0.15, -0.1) is 0 Å². The first kappa shape index (κ1) is 31.2. The smallest absolute Gasteiger partial charge is 0.379 e. The molecule has 0 aromatic heterocycles. The number of ether oxygens (including phenoxy) is 2. The molecular weight excluding hydrogens is 488 g/mol. The molecule has 0 bridgehead atoms. The zero-order valence-electron chi connectivity index (χ0n) is 22.5. The molecule has 208 valence electrons. The van der Waals surface area contributed by atoms with Gasteiger partial charge in [0.1, 0.15) is 0 Å². The molecule has 2 N–H and O–H groups in total. The standard InChI is InChI=1S/C22H50N4O7Si2/c1-27-34(28-2,21-5-7-23-9-11-25-13-17-31-18-14-25)33-35(29-3,30-4)22-6-8-24-10-12-26-15-19-32-20-16-26/h23-24H,5-22H2,1-4H3. The molecule has 2 rings (SSSR count). The van der Waals surface area contributed by atoms with Crippen LogP contribution in [0.1, 0.15) is 12.8 Å². The molecule has 2 aliphatic rings. The summed E-state index contributed by atoms with van der Waals surface area (Å²) in [5, 5.41) is 7.05. The average Bonchev–Trinajstić information content (AvgIpc) is 2.92. The van der Waals surface area contributed by atoms with Crippen LogP contribution in [-0.4, -0.2) is 148 Å². The number of hydrogen-bond donors (Lipinski definition) is 2. The maximum absolute atomic E-state index is 6.52. The number of morpholine rings is 2. The van der Waals surface area contributed by atoms with Crippen LogP contribution in [-0.2, 0) is 31.3 Å². The summed E-state index contributed by atoms with van der Waals surface area (Å²) >= 11 is 0. The van der Waals surface area contributed by atoms with Crippen molar-refractivity contribution in [1.29, 1.82) is 0 Å². The highest BCUT2D eigenvalue weighted by Gasteiger charge is 2.51. The molecule has 13 heteroatoms. The molecule has 0 aliphatic carbocycles. The minimum atomic E-state index is -2.91.